The molecule has 102 valence electrons. The van der Waals surface area contributed by atoms with Crippen LogP contribution in [-0.2, 0) is 0 Å². The van der Waals surface area contributed by atoms with Crippen LogP contribution >= 0.6 is 24.0 Å². The highest BCUT2D eigenvalue weighted by Gasteiger charge is 2.02. The molecule has 0 aliphatic carbocycles. The van der Waals surface area contributed by atoms with Gasteiger partial charge in [-0.1, -0.05) is 18.2 Å². The summed E-state index contributed by atoms with van der Waals surface area (Å²) in [4.78, 5) is 8.46. The number of aliphatic imine (C=N–C) groups is 1. The van der Waals surface area contributed by atoms with E-state index in [-0.39, 0.29) is 24.0 Å². The Morgan fingerprint density at radius 3 is 2.11 bits per heavy atom. The lowest BCUT2D eigenvalue weighted by molar-refractivity contribution is 0.326. The van der Waals surface area contributed by atoms with Crippen LogP contribution in [0.2, 0.25) is 0 Å². The maximum absolute atomic E-state index is 5.57. The lowest BCUT2D eigenvalue weighted by atomic mass is 10.3. The molecule has 18 heavy (non-hydrogen) atoms. The van der Waals surface area contributed by atoms with Gasteiger partial charge in [-0.05, 0) is 12.1 Å². The van der Waals surface area contributed by atoms with Gasteiger partial charge < -0.3 is 14.5 Å². The molecular formula is C13H22IN3O. The zero-order valence-electron chi connectivity index (χ0n) is 11.5. The van der Waals surface area contributed by atoms with Crippen LogP contribution in [0.4, 0.5) is 0 Å². The standard InChI is InChI=1S/C13H21N3O.HI/c1-15(2)13(16(3)4)14-10-11-17-12-8-6-5-7-9-12;/h5-9H,10-11H2,1-4H3;1H. The van der Waals surface area contributed by atoms with Crippen LogP contribution in [0.25, 0.3) is 0 Å². The zero-order valence-corrected chi connectivity index (χ0v) is 13.8. The minimum absolute atomic E-state index is 0. The summed E-state index contributed by atoms with van der Waals surface area (Å²) in [6.07, 6.45) is 0. The lowest BCUT2D eigenvalue weighted by Gasteiger charge is -2.22. The third-order valence-corrected chi connectivity index (χ3v) is 2.16. The summed E-state index contributed by atoms with van der Waals surface area (Å²) in [6.45, 7) is 1.25. The highest BCUT2D eigenvalue weighted by Crippen LogP contribution is 2.07. The number of hydrogen-bond donors (Lipinski definition) is 0. The molecule has 1 rings (SSSR count). The van der Waals surface area contributed by atoms with Crippen molar-refractivity contribution in [1.29, 1.82) is 0 Å². The van der Waals surface area contributed by atoms with Crippen LogP contribution in [0.5, 0.6) is 5.75 Å². The highest BCUT2D eigenvalue weighted by atomic mass is 127. The second-order valence-corrected chi connectivity index (χ2v) is 4.13. The Hall–Kier alpha value is -0.980. The van der Waals surface area contributed by atoms with Crippen LogP contribution in [0.3, 0.4) is 0 Å². The monoisotopic (exact) mass is 363 g/mol. The van der Waals surface area contributed by atoms with Crippen LogP contribution in [-0.4, -0.2) is 57.1 Å². The molecule has 0 aliphatic heterocycles. The fourth-order valence-electron chi connectivity index (χ4n) is 1.51. The summed E-state index contributed by atoms with van der Waals surface area (Å²) in [7, 11) is 7.93. The van der Waals surface area contributed by atoms with Gasteiger partial charge in [0.1, 0.15) is 12.4 Å². The number of nitrogens with zero attached hydrogens (tertiary/aromatic N) is 3. The van der Waals surface area contributed by atoms with Crippen molar-refractivity contribution in [2.24, 2.45) is 4.99 Å². The minimum Gasteiger partial charge on any atom is -0.492 e. The molecule has 0 aromatic heterocycles. The predicted molar refractivity (Wildman–Crippen MR) is 87.0 cm³/mol. The van der Waals surface area contributed by atoms with Gasteiger partial charge in [-0.2, -0.15) is 0 Å². The van der Waals surface area contributed by atoms with Crippen molar-refractivity contribution in [3.63, 3.8) is 0 Å². The third-order valence-electron chi connectivity index (χ3n) is 2.16. The Bertz CT molecular complexity index is 343. The number of guanidine groups is 1. The normalized spacial score (nSPS) is 9.11. The number of hydrogen-bond acceptors (Lipinski definition) is 2. The largest absolute Gasteiger partial charge is 0.492 e. The molecule has 0 saturated heterocycles. The van der Waals surface area contributed by atoms with Crippen LogP contribution in [0.1, 0.15) is 0 Å². The number of ether oxygens (including phenoxy) is 1. The van der Waals surface area contributed by atoms with E-state index in [1.54, 1.807) is 0 Å². The summed E-state index contributed by atoms with van der Waals surface area (Å²) in [5.74, 6) is 1.83. The fraction of sp³-hybridized carbons (Fsp3) is 0.462. The van der Waals surface area contributed by atoms with E-state index in [1.807, 2.05) is 68.3 Å². The second kappa shape index (κ2) is 9.02. The first kappa shape index (κ1) is 17.0. The summed E-state index contributed by atoms with van der Waals surface area (Å²) in [5.41, 5.74) is 0. The van der Waals surface area contributed by atoms with E-state index in [1.165, 1.54) is 0 Å². The fourth-order valence-corrected chi connectivity index (χ4v) is 1.51. The van der Waals surface area contributed by atoms with Gasteiger partial charge in [0.05, 0.1) is 6.54 Å². The first-order chi connectivity index (χ1) is 8.11. The van der Waals surface area contributed by atoms with Crippen LogP contribution in [0, 0.1) is 0 Å². The molecule has 0 saturated carbocycles. The molecule has 0 aliphatic rings. The van der Waals surface area contributed by atoms with Crippen molar-refractivity contribution in [3.8, 4) is 5.75 Å². The Kier molecular flexibility index (Phi) is 8.53. The van der Waals surface area contributed by atoms with Crippen molar-refractivity contribution in [2.45, 2.75) is 0 Å². The Balaban J connectivity index is 0.00000289. The average molecular weight is 363 g/mol. The van der Waals surface area contributed by atoms with E-state index in [0.717, 1.165) is 11.7 Å². The van der Waals surface area contributed by atoms with Crippen LogP contribution < -0.4 is 4.74 Å². The lowest BCUT2D eigenvalue weighted by Crippen LogP contribution is -2.35. The molecule has 0 heterocycles. The molecule has 0 atom stereocenters. The summed E-state index contributed by atoms with van der Waals surface area (Å²) >= 11 is 0. The van der Waals surface area contributed by atoms with Gasteiger partial charge >= 0.3 is 0 Å². The molecule has 0 unspecified atom stereocenters. The summed E-state index contributed by atoms with van der Waals surface area (Å²) in [5, 5.41) is 0. The molecular weight excluding hydrogens is 341 g/mol. The Labute approximate surface area is 127 Å². The van der Waals surface area contributed by atoms with Gasteiger partial charge in [-0.3, -0.25) is 0 Å². The predicted octanol–water partition coefficient (Wildman–Crippen LogP) is 2.16. The van der Waals surface area contributed by atoms with Crippen molar-refractivity contribution in [2.75, 3.05) is 41.3 Å². The van der Waals surface area contributed by atoms with Crippen molar-refractivity contribution in [3.05, 3.63) is 30.3 Å². The third kappa shape index (κ3) is 6.09. The van der Waals surface area contributed by atoms with E-state index in [4.69, 9.17) is 4.74 Å². The zero-order chi connectivity index (χ0) is 12.7. The van der Waals surface area contributed by atoms with Crippen molar-refractivity contribution >= 4 is 29.9 Å². The molecule has 0 spiro atoms. The van der Waals surface area contributed by atoms with Gasteiger partial charge in [0.2, 0.25) is 0 Å². The van der Waals surface area contributed by atoms with Gasteiger partial charge in [-0.15, -0.1) is 24.0 Å². The molecule has 0 radical (unpaired) electrons. The van der Waals surface area contributed by atoms with Gasteiger partial charge in [0, 0.05) is 28.2 Å². The quantitative estimate of drug-likeness (QED) is 0.355. The maximum Gasteiger partial charge on any atom is 0.195 e. The average Bonchev–Trinajstić information content (AvgIpc) is 2.29. The molecule has 1 aromatic rings. The van der Waals surface area contributed by atoms with E-state index in [9.17, 15) is 0 Å². The van der Waals surface area contributed by atoms with Gasteiger partial charge in [0.25, 0.3) is 0 Å². The van der Waals surface area contributed by atoms with Gasteiger partial charge in [-0.25, -0.2) is 4.99 Å². The topological polar surface area (TPSA) is 28.1 Å². The number of halogens is 1. The Morgan fingerprint density at radius 2 is 1.61 bits per heavy atom. The van der Waals surface area contributed by atoms with E-state index < -0.39 is 0 Å². The second-order valence-electron chi connectivity index (χ2n) is 4.13. The maximum atomic E-state index is 5.57. The van der Waals surface area contributed by atoms with E-state index >= 15 is 0 Å². The molecule has 0 N–H and O–H groups in total. The molecule has 4 nitrogen and oxygen atoms in total. The first-order valence-corrected chi connectivity index (χ1v) is 5.68. The van der Waals surface area contributed by atoms with Gasteiger partial charge in [0.15, 0.2) is 5.96 Å². The first-order valence-electron chi connectivity index (χ1n) is 5.68. The number of benzene rings is 1. The molecule has 0 bridgehead atoms. The van der Waals surface area contributed by atoms with Crippen LogP contribution in [0.15, 0.2) is 35.3 Å². The van der Waals surface area contributed by atoms with Crippen molar-refractivity contribution < 1.29 is 4.74 Å². The SMILES string of the molecule is CN(C)C(=NCCOc1ccccc1)N(C)C.I. The van der Waals surface area contributed by atoms with E-state index in [2.05, 4.69) is 4.99 Å². The molecule has 0 amide bonds. The summed E-state index contributed by atoms with van der Waals surface area (Å²) < 4.78 is 5.57. The number of rotatable bonds is 4. The summed E-state index contributed by atoms with van der Waals surface area (Å²) in [6, 6.07) is 9.79. The number of para-hydroxylation sites is 1. The minimum atomic E-state index is 0. The smallest absolute Gasteiger partial charge is 0.195 e. The molecule has 0 fully saturated rings. The molecule has 5 heteroatoms. The van der Waals surface area contributed by atoms with E-state index in [0.29, 0.717) is 13.2 Å². The molecule has 1 aromatic carbocycles. The highest BCUT2D eigenvalue weighted by molar-refractivity contribution is 14.0. The Morgan fingerprint density at radius 1 is 1.06 bits per heavy atom. The van der Waals surface area contributed by atoms with Crippen molar-refractivity contribution in [1.82, 2.24) is 9.80 Å².